The van der Waals surface area contributed by atoms with Crippen LogP contribution in [0.25, 0.3) is 60.6 Å². The van der Waals surface area contributed by atoms with E-state index in [1.54, 1.807) is 0 Å². The minimum Gasteiger partial charge on any atom is -0.256 e. The van der Waals surface area contributed by atoms with Gasteiger partial charge in [0.05, 0.1) is 27.8 Å². The smallest absolute Gasteiger partial charge is 0.0752 e. The van der Waals surface area contributed by atoms with Gasteiger partial charge in [0, 0.05) is 27.8 Å². The maximum absolute atomic E-state index is 5.01. The molecule has 7 rings (SSSR count). The summed E-state index contributed by atoms with van der Waals surface area (Å²) in [6, 6.07) is 37.8. The first-order valence-corrected chi connectivity index (χ1v) is 13.0. The van der Waals surface area contributed by atoms with Crippen LogP contribution in [0.3, 0.4) is 0 Å². The maximum Gasteiger partial charge on any atom is 0.0752 e. The zero-order valence-corrected chi connectivity index (χ0v) is 21.6. The summed E-state index contributed by atoms with van der Waals surface area (Å²) >= 11 is 0. The number of allylic oxidation sites excluding steroid dienone is 1. The molecule has 0 N–H and O–H groups in total. The Morgan fingerprint density at radius 1 is 0.590 bits per heavy atom. The molecule has 0 saturated heterocycles. The van der Waals surface area contributed by atoms with Gasteiger partial charge in [0.1, 0.15) is 0 Å². The molecule has 7 aromatic rings. The largest absolute Gasteiger partial charge is 0.256 e. The predicted octanol–water partition coefficient (Wildman–Crippen LogP) is 7.20. The quantitative estimate of drug-likeness (QED) is 0.241. The van der Waals surface area contributed by atoms with E-state index in [1.165, 1.54) is 21.5 Å². The van der Waals surface area contributed by atoms with Crippen molar-refractivity contribution in [3.63, 3.8) is 0 Å². The molecule has 4 aromatic carbocycles. The van der Waals surface area contributed by atoms with E-state index >= 15 is 0 Å². The Hall–Kier alpha value is -5.15. The fourth-order valence-corrected chi connectivity index (χ4v) is 5.24. The van der Waals surface area contributed by atoms with Crippen LogP contribution < -0.4 is 10.6 Å². The Bertz CT molecular complexity index is 2210. The van der Waals surface area contributed by atoms with E-state index in [9.17, 15) is 0 Å². The number of nitrogens with zero attached hydrogens (tertiary/aromatic N) is 3. The van der Waals surface area contributed by atoms with E-state index < -0.39 is 0 Å². The molecule has 0 fully saturated rings. The Labute approximate surface area is 226 Å². The van der Waals surface area contributed by atoms with Crippen LogP contribution in [0.15, 0.2) is 122 Å². The number of hydrogen-bond donors (Lipinski definition) is 0. The van der Waals surface area contributed by atoms with Gasteiger partial charge in [-0.05, 0) is 82.6 Å². The highest BCUT2D eigenvalue weighted by Gasteiger charge is 2.07. The molecule has 0 amide bonds. The van der Waals surface area contributed by atoms with Gasteiger partial charge in [-0.25, -0.2) is 9.97 Å². The first-order valence-electron chi connectivity index (χ1n) is 13.0. The lowest BCUT2D eigenvalue weighted by Gasteiger charge is -2.07. The summed E-state index contributed by atoms with van der Waals surface area (Å²) in [5.41, 5.74) is 5.55. The molecule has 0 atom stereocenters. The zero-order valence-electron chi connectivity index (χ0n) is 21.6. The summed E-state index contributed by atoms with van der Waals surface area (Å²) in [5, 5.41) is 8.92. The average Bonchev–Trinajstić information content (AvgIpc) is 2.98. The van der Waals surface area contributed by atoms with E-state index in [-0.39, 0.29) is 0 Å². The fraction of sp³-hybridized carbons (Fsp3) is 0.0278. The molecule has 0 bridgehead atoms. The lowest BCUT2D eigenvalue weighted by atomic mass is 10.0. The molecule has 3 aromatic heterocycles. The SMILES string of the molecule is C=C(/C=c1/cccn/c1=C(/C)c1ccc2cc3ccccc3cc2n1)c1ccc2cc3ccccc3cc2n1. The third kappa shape index (κ3) is 4.24. The zero-order chi connectivity index (χ0) is 26.3. The van der Waals surface area contributed by atoms with Gasteiger partial charge in [0.15, 0.2) is 0 Å². The van der Waals surface area contributed by atoms with Crippen molar-refractivity contribution in [1.82, 2.24) is 15.0 Å². The van der Waals surface area contributed by atoms with Crippen LogP contribution >= 0.6 is 0 Å². The van der Waals surface area contributed by atoms with Crippen LogP contribution in [0, 0.1) is 0 Å². The molecule has 0 aliphatic carbocycles. The first-order chi connectivity index (χ1) is 19.1. The van der Waals surface area contributed by atoms with Gasteiger partial charge < -0.3 is 0 Å². The Morgan fingerprint density at radius 2 is 1.13 bits per heavy atom. The van der Waals surface area contributed by atoms with E-state index in [0.29, 0.717) is 0 Å². The first kappa shape index (κ1) is 23.0. The van der Waals surface area contributed by atoms with Crippen molar-refractivity contribution in [3.8, 4) is 0 Å². The molecule has 3 nitrogen and oxygen atoms in total. The van der Waals surface area contributed by atoms with Crippen molar-refractivity contribution in [2.45, 2.75) is 6.92 Å². The van der Waals surface area contributed by atoms with Crippen molar-refractivity contribution in [1.29, 1.82) is 0 Å². The Kier molecular flexibility index (Phi) is 5.49. The van der Waals surface area contributed by atoms with Gasteiger partial charge in [-0.15, -0.1) is 0 Å². The third-order valence-electron chi connectivity index (χ3n) is 7.35. The molecule has 0 unspecified atom stereocenters. The molecule has 0 aliphatic heterocycles. The predicted molar refractivity (Wildman–Crippen MR) is 164 cm³/mol. The van der Waals surface area contributed by atoms with Crippen LogP contribution in [0.2, 0.25) is 0 Å². The van der Waals surface area contributed by atoms with Crippen molar-refractivity contribution in [2.75, 3.05) is 0 Å². The van der Waals surface area contributed by atoms with Crippen LogP contribution in [0.1, 0.15) is 18.3 Å². The second kappa shape index (κ2) is 9.30. The normalized spacial score (nSPS) is 12.9. The Morgan fingerprint density at radius 3 is 1.74 bits per heavy atom. The highest BCUT2D eigenvalue weighted by Crippen LogP contribution is 2.24. The topological polar surface area (TPSA) is 38.7 Å². The molecule has 184 valence electrons. The van der Waals surface area contributed by atoms with E-state index in [0.717, 1.165) is 54.9 Å². The second-order valence-corrected chi connectivity index (χ2v) is 9.91. The van der Waals surface area contributed by atoms with Crippen molar-refractivity contribution in [2.24, 2.45) is 0 Å². The van der Waals surface area contributed by atoms with Gasteiger partial charge in [-0.2, -0.15) is 0 Å². The highest BCUT2D eigenvalue weighted by atomic mass is 14.7. The number of aromatic nitrogens is 3. The molecule has 3 heterocycles. The van der Waals surface area contributed by atoms with Crippen LogP contribution in [-0.4, -0.2) is 15.0 Å². The minimum atomic E-state index is 0.838. The van der Waals surface area contributed by atoms with Crippen LogP contribution in [0.5, 0.6) is 0 Å². The van der Waals surface area contributed by atoms with E-state index in [2.05, 4.69) is 117 Å². The van der Waals surface area contributed by atoms with E-state index in [1.807, 2.05) is 18.3 Å². The average molecular weight is 500 g/mol. The van der Waals surface area contributed by atoms with Gasteiger partial charge in [-0.1, -0.05) is 73.3 Å². The number of hydrogen-bond acceptors (Lipinski definition) is 3. The van der Waals surface area contributed by atoms with Gasteiger partial charge >= 0.3 is 0 Å². The summed E-state index contributed by atoms with van der Waals surface area (Å²) in [4.78, 5) is 14.7. The van der Waals surface area contributed by atoms with Crippen LogP contribution in [-0.2, 0) is 0 Å². The van der Waals surface area contributed by atoms with Crippen molar-refractivity contribution < 1.29 is 0 Å². The fourth-order valence-electron chi connectivity index (χ4n) is 5.24. The molecule has 0 radical (unpaired) electrons. The molecule has 0 spiro atoms. The number of fused-ring (bicyclic) bond motifs is 4. The lowest BCUT2D eigenvalue weighted by Crippen LogP contribution is -2.30. The minimum absolute atomic E-state index is 0.838. The highest BCUT2D eigenvalue weighted by molar-refractivity contribution is 5.98. The maximum atomic E-state index is 5.01. The molecule has 3 heteroatoms. The number of benzene rings is 4. The molecule has 39 heavy (non-hydrogen) atoms. The van der Waals surface area contributed by atoms with E-state index in [4.69, 9.17) is 15.0 Å². The van der Waals surface area contributed by atoms with Crippen LogP contribution in [0.4, 0.5) is 0 Å². The molecular formula is C36H25N3. The molecular weight excluding hydrogens is 474 g/mol. The van der Waals surface area contributed by atoms with Gasteiger partial charge in [0.2, 0.25) is 0 Å². The lowest BCUT2D eigenvalue weighted by molar-refractivity contribution is 1.18. The summed E-state index contributed by atoms with van der Waals surface area (Å²) in [5.74, 6) is 0. The summed E-state index contributed by atoms with van der Waals surface area (Å²) in [7, 11) is 0. The second-order valence-electron chi connectivity index (χ2n) is 9.91. The number of pyridine rings is 3. The summed E-state index contributed by atoms with van der Waals surface area (Å²) in [6.45, 7) is 6.44. The number of rotatable bonds is 3. The Balaban J connectivity index is 1.32. The van der Waals surface area contributed by atoms with Gasteiger partial charge in [0.25, 0.3) is 0 Å². The monoisotopic (exact) mass is 499 g/mol. The standard InChI is InChI=1S/C36H25N3/c1-23(32-15-13-29-19-25-8-3-5-10-27(25)21-34(29)38-32)18-31-12-7-17-37-36(31)24(2)33-16-14-30-20-26-9-4-6-11-28(26)22-35(30)39-33/h3-22H,1H2,2H3/b31-18-,36-24-. The van der Waals surface area contributed by atoms with Crippen molar-refractivity contribution in [3.05, 3.63) is 144 Å². The molecule has 0 aliphatic rings. The van der Waals surface area contributed by atoms with Crippen molar-refractivity contribution >= 4 is 60.6 Å². The third-order valence-corrected chi connectivity index (χ3v) is 7.35. The summed E-state index contributed by atoms with van der Waals surface area (Å²) in [6.07, 6.45) is 3.89. The van der Waals surface area contributed by atoms with Gasteiger partial charge in [-0.3, -0.25) is 4.98 Å². The molecule has 0 saturated carbocycles. The summed E-state index contributed by atoms with van der Waals surface area (Å²) < 4.78 is 0.